The number of hydrogen-bond donors (Lipinski definition) is 2. The van der Waals surface area contributed by atoms with Crippen molar-refractivity contribution in [1.29, 1.82) is 0 Å². The minimum atomic E-state index is -0.555. The van der Waals surface area contributed by atoms with Crippen LogP contribution in [0.4, 0.5) is 0 Å². The molecule has 0 saturated heterocycles. The highest BCUT2D eigenvalue weighted by molar-refractivity contribution is 5.84. The summed E-state index contributed by atoms with van der Waals surface area (Å²) >= 11 is 0. The number of likely N-dealkylation sites (N-methyl/N-ethyl adjacent to an activating group) is 1. The molecule has 1 fully saturated rings. The second-order valence-corrected chi connectivity index (χ2v) is 6.60. The van der Waals surface area contributed by atoms with Crippen LogP contribution in [0, 0.1) is 5.92 Å². The number of carbonyl (C=O) groups excluding carboxylic acids is 1. The van der Waals surface area contributed by atoms with E-state index in [0.29, 0.717) is 0 Å². The van der Waals surface area contributed by atoms with Crippen molar-refractivity contribution < 1.29 is 4.79 Å². The summed E-state index contributed by atoms with van der Waals surface area (Å²) in [5.41, 5.74) is 4.95. The maximum Gasteiger partial charge on any atom is 0.237 e. The van der Waals surface area contributed by atoms with E-state index in [4.69, 9.17) is 5.73 Å². The van der Waals surface area contributed by atoms with E-state index in [1.54, 1.807) is 0 Å². The van der Waals surface area contributed by atoms with Crippen LogP contribution in [-0.2, 0) is 4.79 Å². The van der Waals surface area contributed by atoms with E-state index in [9.17, 15) is 4.79 Å². The molecule has 3 N–H and O–H groups in total. The fourth-order valence-electron chi connectivity index (χ4n) is 3.29. The number of rotatable bonds is 9. The molecule has 0 heterocycles. The average molecular weight is 283 g/mol. The minimum Gasteiger partial charge on any atom is -0.368 e. The van der Waals surface area contributed by atoms with Gasteiger partial charge in [-0.3, -0.25) is 4.79 Å². The molecule has 0 spiro atoms. The molecular weight excluding hydrogens is 250 g/mol. The van der Waals surface area contributed by atoms with Crippen molar-refractivity contribution in [2.75, 3.05) is 26.7 Å². The Balaban J connectivity index is 2.25. The molecule has 0 bridgehead atoms. The van der Waals surface area contributed by atoms with E-state index in [-0.39, 0.29) is 5.91 Å². The molecule has 0 aromatic heterocycles. The fraction of sp³-hybridized carbons (Fsp3) is 0.938. The Kier molecular flexibility index (Phi) is 7.52. The number of hydrogen-bond acceptors (Lipinski definition) is 3. The standard InChI is InChI=1S/C16H33N3O/c1-4-18-16(2,15(17)20)11-8-12-19(3)13-14-9-6-5-7-10-14/h14,18H,4-13H2,1-3H3,(H2,17,20). The van der Waals surface area contributed by atoms with Crippen LogP contribution in [0.15, 0.2) is 0 Å². The van der Waals surface area contributed by atoms with Crippen LogP contribution in [0.3, 0.4) is 0 Å². The Morgan fingerprint density at radius 1 is 1.35 bits per heavy atom. The van der Waals surface area contributed by atoms with Crippen molar-refractivity contribution in [1.82, 2.24) is 10.2 Å². The van der Waals surface area contributed by atoms with E-state index in [0.717, 1.165) is 31.8 Å². The van der Waals surface area contributed by atoms with Gasteiger partial charge in [0.25, 0.3) is 0 Å². The number of nitrogens with two attached hydrogens (primary N) is 1. The highest BCUT2D eigenvalue weighted by atomic mass is 16.1. The van der Waals surface area contributed by atoms with Gasteiger partial charge in [0.2, 0.25) is 5.91 Å². The van der Waals surface area contributed by atoms with E-state index in [2.05, 4.69) is 17.3 Å². The number of carbonyl (C=O) groups is 1. The summed E-state index contributed by atoms with van der Waals surface area (Å²) in [6.45, 7) is 6.95. The molecule has 1 saturated carbocycles. The maximum absolute atomic E-state index is 11.5. The molecule has 1 rings (SSSR count). The molecule has 1 aliphatic carbocycles. The van der Waals surface area contributed by atoms with Gasteiger partial charge in [-0.05, 0) is 58.7 Å². The van der Waals surface area contributed by atoms with E-state index in [1.807, 2.05) is 13.8 Å². The summed E-state index contributed by atoms with van der Waals surface area (Å²) in [5, 5.41) is 3.22. The van der Waals surface area contributed by atoms with E-state index >= 15 is 0 Å². The van der Waals surface area contributed by atoms with Crippen molar-refractivity contribution in [3.63, 3.8) is 0 Å². The number of nitrogens with zero attached hydrogens (tertiary/aromatic N) is 1. The monoisotopic (exact) mass is 283 g/mol. The number of amides is 1. The van der Waals surface area contributed by atoms with Gasteiger partial charge < -0.3 is 16.0 Å². The Labute approximate surface area is 124 Å². The Bertz CT molecular complexity index is 289. The van der Waals surface area contributed by atoms with Crippen LogP contribution < -0.4 is 11.1 Å². The molecule has 20 heavy (non-hydrogen) atoms. The van der Waals surface area contributed by atoms with Gasteiger partial charge in [0.15, 0.2) is 0 Å². The van der Waals surface area contributed by atoms with Gasteiger partial charge in [0, 0.05) is 6.54 Å². The Morgan fingerprint density at radius 3 is 2.55 bits per heavy atom. The SMILES string of the molecule is CCNC(C)(CCCN(C)CC1CCCCC1)C(N)=O. The first-order valence-electron chi connectivity index (χ1n) is 8.21. The molecular formula is C16H33N3O. The molecule has 0 aliphatic heterocycles. The topological polar surface area (TPSA) is 58.4 Å². The maximum atomic E-state index is 11.5. The molecule has 4 heteroatoms. The molecule has 118 valence electrons. The zero-order valence-corrected chi connectivity index (χ0v) is 13.6. The first kappa shape index (κ1) is 17.4. The van der Waals surface area contributed by atoms with Gasteiger partial charge in [-0.2, -0.15) is 0 Å². The zero-order valence-electron chi connectivity index (χ0n) is 13.6. The zero-order chi connectivity index (χ0) is 15.0. The summed E-state index contributed by atoms with van der Waals surface area (Å²) in [4.78, 5) is 14.0. The van der Waals surface area contributed by atoms with Gasteiger partial charge in [0.1, 0.15) is 0 Å². The molecule has 1 unspecified atom stereocenters. The summed E-state index contributed by atoms with van der Waals surface area (Å²) in [6, 6.07) is 0. The summed E-state index contributed by atoms with van der Waals surface area (Å²) in [6.07, 6.45) is 8.82. The minimum absolute atomic E-state index is 0.241. The molecule has 0 radical (unpaired) electrons. The van der Waals surface area contributed by atoms with Gasteiger partial charge in [-0.15, -0.1) is 0 Å². The number of nitrogens with one attached hydrogen (secondary N) is 1. The highest BCUT2D eigenvalue weighted by Crippen LogP contribution is 2.24. The lowest BCUT2D eigenvalue weighted by atomic mass is 9.89. The van der Waals surface area contributed by atoms with Crippen LogP contribution in [0.2, 0.25) is 0 Å². The molecule has 0 aromatic rings. The first-order chi connectivity index (χ1) is 9.48. The van der Waals surface area contributed by atoms with Crippen LogP contribution in [-0.4, -0.2) is 43.0 Å². The van der Waals surface area contributed by atoms with Crippen molar-refractivity contribution in [3.05, 3.63) is 0 Å². The lowest BCUT2D eigenvalue weighted by Gasteiger charge is -2.30. The van der Waals surface area contributed by atoms with Crippen LogP contribution >= 0.6 is 0 Å². The van der Waals surface area contributed by atoms with Crippen molar-refractivity contribution >= 4 is 5.91 Å². The second-order valence-electron chi connectivity index (χ2n) is 6.60. The van der Waals surface area contributed by atoms with Gasteiger partial charge in [0.05, 0.1) is 5.54 Å². The third-order valence-corrected chi connectivity index (χ3v) is 4.62. The molecule has 1 aliphatic rings. The molecule has 1 atom stereocenters. The number of primary amides is 1. The molecule has 0 aromatic carbocycles. The van der Waals surface area contributed by atoms with Crippen molar-refractivity contribution in [2.24, 2.45) is 11.7 Å². The van der Waals surface area contributed by atoms with Gasteiger partial charge >= 0.3 is 0 Å². The van der Waals surface area contributed by atoms with Crippen LogP contribution in [0.1, 0.15) is 58.8 Å². The largest absolute Gasteiger partial charge is 0.368 e. The fourth-order valence-corrected chi connectivity index (χ4v) is 3.29. The Hall–Kier alpha value is -0.610. The van der Waals surface area contributed by atoms with Crippen LogP contribution in [0.5, 0.6) is 0 Å². The van der Waals surface area contributed by atoms with Crippen molar-refractivity contribution in [3.8, 4) is 0 Å². The predicted molar refractivity (Wildman–Crippen MR) is 84.6 cm³/mol. The third-order valence-electron chi connectivity index (χ3n) is 4.62. The lowest BCUT2D eigenvalue weighted by Crippen LogP contribution is -2.53. The van der Waals surface area contributed by atoms with Gasteiger partial charge in [-0.1, -0.05) is 26.2 Å². The summed E-state index contributed by atoms with van der Waals surface area (Å²) in [5.74, 6) is 0.638. The molecule has 1 amide bonds. The lowest BCUT2D eigenvalue weighted by molar-refractivity contribution is -0.124. The van der Waals surface area contributed by atoms with Crippen molar-refractivity contribution in [2.45, 2.75) is 64.3 Å². The van der Waals surface area contributed by atoms with Crippen LogP contribution in [0.25, 0.3) is 0 Å². The highest BCUT2D eigenvalue weighted by Gasteiger charge is 2.29. The average Bonchev–Trinajstić information content (AvgIpc) is 2.40. The summed E-state index contributed by atoms with van der Waals surface area (Å²) in [7, 11) is 2.20. The Morgan fingerprint density at radius 2 is 2.00 bits per heavy atom. The smallest absolute Gasteiger partial charge is 0.237 e. The molecule has 4 nitrogen and oxygen atoms in total. The normalized spacial score (nSPS) is 20.0. The second kappa shape index (κ2) is 8.63. The third kappa shape index (κ3) is 5.80. The first-order valence-corrected chi connectivity index (χ1v) is 8.21. The van der Waals surface area contributed by atoms with Gasteiger partial charge in [-0.25, -0.2) is 0 Å². The predicted octanol–water partition coefficient (Wildman–Crippen LogP) is 2.13. The van der Waals surface area contributed by atoms with E-state index in [1.165, 1.54) is 38.6 Å². The van der Waals surface area contributed by atoms with E-state index < -0.39 is 5.54 Å². The summed E-state index contributed by atoms with van der Waals surface area (Å²) < 4.78 is 0. The quantitative estimate of drug-likeness (QED) is 0.681.